The molecule has 3 aromatic carbocycles. The van der Waals surface area contributed by atoms with Crippen molar-refractivity contribution in [2.45, 2.75) is 18.0 Å². The van der Waals surface area contributed by atoms with Crippen LogP contribution < -0.4 is 19.5 Å². The minimum atomic E-state index is -0.0345. The zero-order chi connectivity index (χ0) is 20.6. The van der Waals surface area contributed by atoms with E-state index in [1.54, 1.807) is 0 Å². The molecule has 1 amide bonds. The first kappa shape index (κ1) is 20.2. The molecular formula is C24H23NO4S. The van der Waals surface area contributed by atoms with Crippen LogP contribution in [-0.2, 0) is 17.9 Å². The number of carbonyl (C=O) groups excluding carboxylic acids is 1. The van der Waals surface area contributed by atoms with E-state index < -0.39 is 0 Å². The molecule has 4 rings (SSSR count). The molecule has 3 aromatic rings. The van der Waals surface area contributed by atoms with Crippen molar-refractivity contribution in [1.82, 2.24) is 5.32 Å². The summed E-state index contributed by atoms with van der Waals surface area (Å²) in [6, 6.07) is 23.5. The van der Waals surface area contributed by atoms with Gasteiger partial charge in [-0.05, 0) is 29.8 Å². The molecule has 154 valence electrons. The van der Waals surface area contributed by atoms with Gasteiger partial charge in [0, 0.05) is 17.0 Å². The van der Waals surface area contributed by atoms with E-state index in [4.69, 9.17) is 14.2 Å². The highest BCUT2D eigenvalue weighted by molar-refractivity contribution is 8.00. The smallest absolute Gasteiger partial charge is 0.230 e. The Hall–Kier alpha value is -3.12. The summed E-state index contributed by atoms with van der Waals surface area (Å²) in [5.74, 6) is 2.55. The third kappa shape index (κ3) is 5.48. The van der Waals surface area contributed by atoms with Crippen LogP contribution in [0.1, 0.15) is 11.1 Å². The van der Waals surface area contributed by atoms with E-state index in [1.165, 1.54) is 11.8 Å². The average molecular weight is 422 g/mol. The highest BCUT2D eigenvalue weighted by Gasteiger charge is 2.13. The number of ether oxygens (including phenoxy) is 3. The van der Waals surface area contributed by atoms with Gasteiger partial charge in [0.25, 0.3) is 0 Å². The molecule has 30 heavy (non-hydrogen) atoms. The minimum Gasteiger partial charge on any atom is -0.489 e. The average Bonchev–Trinajstić information content (AvgIpc) is 2.81. The van der Waals surface area contributed by atoms with Crippen molar-refractivity contribution in [2.24, 2.45) is 0 Å². The van der Waals surface area contributed by atoms with Crippen LogP contribution in [0.3, 0.4) is 0 Å². The summed E-state index contributed by atoms with van der Waals surface area (Å²) >= 11 is 1.47. The molecule has 0 spiro atoms. The van der Waals surface area contributed by atoms with Crippen molar-refractivity contribution in [3.8, 4) is 17.2 Å². The second-order valence-electron chi connectivity index (χ2n) is 6.75. The lowest BCUT2D eigenvalue weighted by atomic mass is 10.2. The van der Waals surface area contributed by atoms with Gasteiger partial charge >= 0.3 is 0 Å². The first-order chi connectivity index (χ1) is 14.8. The number of fused-ring (bicyclic) bond motifs is 1. The van der Waals surface area contributed by atoms with Gasteiger partial charge in [-0.1, -0.05) is 48.5 Å². The Kier molecular flexibility index (Phi) is 6.77. The normalized spacial score (nSPS) is 12.3. The number of para-hydroxylation sites is 1. The molecule has 0 atom stereocenters. The highest BCUT2D eigenvalue weighted by Crippen LogP contribution is 2.34. The van der Waals surface area contributed by atoms with E-state index in [2.05, 4.69) is 5.32 Å². The third-order valence-corrected chi connectivity index (χ3v) is 5.56. The van der Waals surface area contributed by atoms with Crippen LogP contribution in [0.4, 0.5) is 0 Å². The van der Waals surface area contributed by atoms with Crippen molar-refractivity contribution in [2.75, 3.05) is 19.0 Å². The lowest BCUT2D eigenvalue weighted by Gasteiger charge is -2.18. The van der Waals surface area contributed by atoms with E-state index in [-0.39, 0.29) is 5.91 Å². The molecule has 0 aromatic heterocycles. The quantitative estimate of drug-likeness (QED) is 0.545. The number of rotatable bonds is 8. The Morgan fingerprint density at radius 2 is 1.70 bits per heavy atom. The summed E-state index contributed by atoms with van der Waals surface area (Å²) in [4.78, 5) is 13.3. The molecule has 1 heterocycles. The van der Waals surface area contributed by atoms with Gasteiger partial charge in [0.05, 0.1) is 5.75 Å². The fraction of sp³-hybridized carbons (Fsp3) is 0.208. The summed E-state index contributed by atoms with van der Waals surface area (Å²) in [6.07, 6.45) is 0. The Balaban J connectivity index is 1.28. The van der Waals surface area contributed by atoms with Crippen LogP contribution in [0.5, 0.6) is 17.2 Å². The van der Waals surface area contributed by atoms with Crippen LogP contribution in [0.2, 0.25) is 0 Å². The Morgan fingerprint density at radius 3 is 2.57 bits per heavy atom. The molecule has 0 unspecified atom stereocenters. The maximum Gasteiger partial charge on any atom is 0.230 e. The van der Waals surface area contributed by atoms with Crippen LogP contribution in [0.15, 0.2) is 77.7 Å². The van der Waals surface area contributed by atoms with Crippen molar-refractivity contribution in [3.63, 3.8) is 0 Å². The second kappa shape index (κ2) is 10.1. The van der Waals surface area contributed by atoms with E-state index in [1.807, 2.05) is 72.8 Å². The van der Waals surface area contributed by atoms with Crippen molar-refractivity contribution in [3.05, 3.63) is 83.9 Å². The van der Waals surface area contributed by atoms with E-state index in [0.29, 0.717) is 32.1 Å². The van der Waals surface area contributed by atoms with Crippen molar-refractivity contribution < 1.29 is 19.0 Å². The van der Waals surface area contributed by atoms with Crippen LogP contribution in [0.25, 0.3) is 0 Å². The SMILES string of the molecule is O=C(CSc1ccc2c(c1)OCCO2)NCc1ccccc1OCc1ccccc1. The summed E-state index contributed by atoms with van der Waals surface area (Å²) in [5.41, 5.74) is 2.05. The standard InChI is InChI=1S/C24H23NO4S/c26-24(17-30-20-10-11-22-23(14-20)28-13-12-27-22)25-15-19-8-4-5-9-21(19)29-16-18-6-2-1-3-7-18/h1-11,14H,12-13,15-17H2,(H,25,26). The van der Waals surface area contributed by atoms with Gasteiger partial charge < -0.3 is 19.5 Å². The largest absolute Gasteiger partial charge is 0.489 e. The predicted octanol–water partition coefficient (Wildman–Crippen LogP) is 4.45. The lowest BCUT2D eigenvalue weighted by molar-refractivity contribution is -0.118. The molecule has 1 aliphatic rings. The minimum absolute atomic E-state index is 0.0345. The molecule has 0 saturated heterocycles. The number of carbonyl (C=O) groups is 1. The predicted molar refractivity (Wildman–Crippen MR) is 117 cm³/mol. The molecule has 1 aliphatic heterocycles. The number of nitrogens with one attached hydrogen (secondary N) is 1. The van der Waals surface area contributed by atoms with Crippen molar-refractivity contribution in [1.29, 1.82) is 0 Å². The van der Waals surface area contributed by atoms with Gasteiger partial charge in [-0.15, -0.1) is 11.8 Å². The fourth-order valence-electron chi connectivity index (χ4n) is 3.03. The summed E-state index contributed by atoms with van der Waals surface area (Å²) in [5, 5.41) is 2.97. The Labute approximate surface area is 180 Å². The van der Waals surface area contributed by atoms with E-state index in [9.17, 15) is 4.79 Å². The maximum absolute atomic E-state index is 12.3. The molecule has 0 radical (unpaired) electrons. The van der Waals surface area contributed by atoms with E-state index in [0.717, 1.165) is 33.3 Å². The van der Waals surface area contributed by atoms with Gasteiger partial charge in [0.1, 0.15) is 25.6 Å². The molecule has 1 N–H and O–H groups in total. The fourth-order valence-corrected chi connectivity index (χ4v) is 3.79. The number of benzene rings is 3. The molecule has 5 nitrogen and oxygen atoms in total. The lowest BCUT2D eigenvalue weighted by Crippen LogP contribution is -2.24. The molecule has 0 saturated carbocycles. The number of thioether (sulfide) groups is 1. The van der Waals surface area contributed by atoms with Crippen LogP contribution in [0, 0.1) is 0 Å². The molecule has 0 bridgehead atoms. The molecule has 6 heteroatoms. The number of hydrogen-bond acceptors (Lipinski definition) is 5. The van der Waals surface area contributed by atoms with Gasteiger partial charge in [-0.25, -0.2) is 0 Å². The van der Waals surface area contributed by atoms with Gasteiger partial charge in [0.15, 0.2) is 11.5 Å². The Morgan fingerprint density at radius 1 is 0.933 bits per heavy atom. The summed E-state index contributed by atoms with van der Waals surface area (Å²) in [6.45, 7) is 2.03. The number of hydrogen-bond donors (Lipinski definition) is 1. The Bertz CT molecular complexity index is 994. The monoisotopic (exact) mass is 421 g/mol. The third-order valence-electron chi connectivity index (χ3n) is 4.57. The molecular weight excluding hydrogens is 398 g/mol. The van der Waals surface area contributed by atoms with E-state index >= 15 is 0 Å². The van der Waals surface area contributed by atoms with Gasteiger partial charge in [0.2, 0.25) is 5.91 Å². The zero-order valence-electron chi connectivity index (χ0n) is 16.5. The maximum atomic E-state index is 12.3. The summed E-state index contributed by atoms with van der Waals surface area (Å²) < 4.78 is 17.1. The first-order valence-corrected chi connectivity index (χ1v) is 10.8. The van der Waals surface area contributed by atoms with Crippen LogP contribution in [-0.4, -0.2) is 24.9 Å². The number of amides is 1. The van der Waals surface area contributed by atoms with Gasteiger partial charge in [-0.2, -0.15) is 0 Å². The summed E-state index contributed by atoms with van der Waals surface area (Å²) in [7, 11) is 0. The van der Waals surface area contributed by atoms with Gasteiger partial charge in [-0.3, -0.25) is 4.79 Å². The zero-order valence-corrected chi connectivity index (χ0v) is 17.3. The molecule has 0 aliphatic carbocycles. The second-order valence-corrected chi connectivity index (χ2v) is 7.80. The molecule has 0 fully saturated rings. The van der Waals surface area contributed by atoms with Crippen molar-refractivity contribution >= 4 is 17.7 Å². The van der Waals surface area contributed by atoms with Crippen LogP contribution >= 0.6 is 11.8 Å². The topological polar surface area (TPSA) is 56.8 Å². The highest BCUT2D eigenvalue weighted by atomic mass is 32.2. The first-order valence-electron chi connectivity index (χ1n) is 9.82.